The van der Waals surface area contributed by atoms with Crippen molar-refractivity contribution in [1.82, 2.24) is 4.98 Å². The Balaban J connectivity index is 2.21. The van der Waals surface area contributed by atoms with Crippen molar-refractivity contribution in [3.8, 4) is 10.6 Å². The summed E-state index contributed by atoms with van der Waals surface area (Å²) >= 11 is 1.36. The molecule has 1 nitrogen and oxygen atoms in total. The molecule has 2 aromatic carbocycles. The van der Waals surface area contributed by atoms with E-state index in [1.54, 1.807) is 0 Å². The maximum Gasteiger partial charge on any atom is 0.161 e. The van der Waals surface area contributed by atoms with Crippen LogP contribution < -0.4 is 0 Å². The summed E-state index contributed by atoms with van der Waals surface area (Å²) in [6, 6.07) is 11.9. The van der Waals surface area contributed by atoms with E-state index in [0.717, 1.165) is 16.6 Å². The smallest absolute Gasteiger partial charge is 0.161 e. The summed E-state index contributed by atoms with van der Waals surface area (Å²) in [5.41, 5.74) is 1.45. The first kappa shape index (κ1) is 10.4. The highest BCUT2D eigenvalue weighted by molar-refractivity contribution is 7.21. The van der Waals surface area contributed by atoms with Gasteiger partial charge in [-0.1, -0.05) is 30.3 Å². The van der Waals surface area contributed by atoms with Crippen LogP contribution >= 0.6 is 11.3 Å². The number of benzene rings is 2. The van der Waals surface area contributed by atoms with Crippen molar-refractivity contribution in [3.63, 3.8) is 0 Å². The lowest BCUT2D eigenvalue weighted by molar-refractivity contribution is 0.511. The van der Waals surface area contributed by atoms with E-state index in [9.17, 15) is 8.78 Å². The van der Waals surface area contributed by atoms with Gasteiger partial charge in [-0.05, 0) is 6.07 Å². The molecule has 4 heteroatoms. The minimum absolute atomic E-state index is 0.493. The molecular formula is C13H7F2NS. The average molecular weight is 247 g/mol. The molecular weight excluding hydrogens is 240 g/mol. The Morgan fingerprint density at radius 3 is 2.41 bits per heavy atom. The normalized spacial score (nSPS) is 10.9. The average Bonchev–Trinajstić information content (AvgIpc) is 2.74. The number of aromatic nitrogens is 1. The molecule has 3 aromatic rings. The molecule has 0 aliphatic carbocycles. The summed E-state index contributed by atoms with van der Waals surface area (Å²) in [7, 11) is 0. The molecule has 84 valence electrons. The van der Waals surface area contributed by atoms with Gasteiger partial charge in [0.05, 0.1) is 10.2 Å². The molecule has 0 radical (unpaired) electrons. The van der Waals surface area contributed by atoms with Crippen molar-refractivity contribution in [2.75, 3.05) is 0 Å². The van der Waals surface area contributed by atoms with E-state index in [1.165, 1.54) is 17.4 Å². The molecule has 0 bridgehead atoms. The van der Waals surface area contributed by atoms with Crippen LogP contribution in [0.3, 0.4) is 0 Å². The lowest BCUT2D eigenvalue weighted by Gasteiger charge is -1.92. The number of hydrogen-bond donors (Lipinski definition) is 0. The third-order valence-corrected chi connectivity index (χ3v) is 3.52. The number of rotatable bonds is 1. The lowest BCUT2D eigenvalue weighted by Crippen LogP contribution is -1.81. The first-order valence-corrected chi connectivity index (χ1v) is 5.87. The highest BCUT2D eigenvalue weighted by atomic mass is 32.1. The molecule has 1 heterocycles. The topological polar surface area (TPSA) is 12.9 Å². The predicted molar refractivity (Wildman–Crippen MR) is 65.0 cm³/mol. The third kappa shape index (κ3) is 1.80. The molecule has 0 atom stereocenters. The van der Waals surface area contributed by atoms with Gasteiger partial charge in [0.15, 0.2) is 11.6 Å². The lowest BCUT2D eigenvalue weighted by atomic mass is 10.2. The van der Waals surface area contributed by atoms with Gasteiger partial charge in [0.1, 0.15) is 5.01 Å². The fourth-order valence-corrected chi connectivity index (χ4v) is 2.61. The second kappa shape index (κ2) is 3.89. The summed E-state index contributed by atoms with van der Waals surface area (Å²) in [4.78, 5) is 4.30. The molecule has 0 fully saturated rings. The molecule has 17 heavy (non-hydrogen) atoms. The SMILES string of the molecule is Fc1cc2nc(-c3ccccc3)sc2cc1F. The van der Waals surface area contributed by atoms with Gasteiger partial charge in [-0.15, -0.1) is 11.3 Å². The Morgan fingerprint density at radius 2 is 1.65 bits per heavy atom. The third-order valence-electron chi connectivity index (χ3n) is 2.45. The van der Waals surface area contributed by atoms with Crippen molar-refractivity contribution in [2.24, 2.45) is 0 Å². The predicted octanol–water partition coefficient (Wildman–Crippen LogP) is 4.24. The quantitative estimate of drug-likeness (QED) is 0.626. The Labute approximate surface area is 100 Å². The van der Waals surface area contributed by atoms with Crippen LogP contribution in [0.5, 0.6) is 0 Å². The Hall–Kier alpha value is -1.81. The highest BCUT2D eigenvalue weighted by Gasteiger charge is 2.10. The van der Waals surface area contributed by atoms with Crippen molar-refractivity contribution >= 4 is 21.6 Å². The fourth-order valence-electron chi connectivity index (χ4n) is 1.63. The standard InChI is InChI=1S/C13H7F2NS/c14-9-6-11-12(7-10(9)15)17-13(16-11)8-4-2-1-3-5-8/h1-7H. The van der Waals surface area contributed by atoms with Crippen LogP contribution in [0.15, 0.2) is 42.5 Å². The van der Waals surface area contributed by atoms with Gasteiger partial charge < -0.3 is 0 Å². The van der Waals surface area contributed by atoms with E-state index in [0.29, 0.717) is 10.2 Å². The van der Waals surface area contributed by atoms with Crippen LogP contribution in [0.1, 0.15) is 0 Å². The van der Waals surface area contributed by atoms with E-state index in [2.05, 4.69) is 4.98 Å². The summed E-state index contributed by atoms with van der Waals surface area (Å²) < 4.78 is 26.8. The van der Waals surface area contributed by atoms with Gasteiger partial charge in [0, 0.05) is 11.6 Å². The zero-order valence-electron chi connectivity index (χ0n) is 8.65. The maximum atomic E-state index is 13.1. The van der Waals surface area contributed by atoms with E-state index in [-0.39, 0.29) is 0 Å². The number of fused-ring (bicyclic) bond motifs is 1. The number of hydrogen-bond acceptors (Lipinski definition) is 2. The zero-order valence-corrected chi connectivity index (χ0v) is 9.47. The number of thiazole rings is 1. The molecule has 0 unspecified atom stereocenters. The molecule has 0 aliphatic rings. The van der Waals surface area contributed by atoms with E-state index < -0.39 is 11.6 Å². The highest BCUT2D eigenvalue weighted by Crippen LogP contribution is 2.31. The van der Waals surface area contributed by atoms with Crippen molar-refractivity contribution in [3.05, 3.63) is 54.1 Å². The molecule has 0 aliphatic heterocycles. The van der Waals surface area contributed by atoms with Gasteiger partial charge in [-0.3, -0.25) is 0 Å². The van der Waals surface area contributed by atoms with E-state index in [4.69, 9.17) is 0 Å². The fraction of sp³-hybridized carbons (Fsp3) is 0. The summed E-state index contributed by atoms with van der Waals surface area (Å²) in [5.74, 6) is -1.69. The molecule has 0 spiro atoms. The minimum Gasteiger partial charge on any atom is -0.236 e. The second-order valence-electron chi connectivity index (χ2n) is 3.62. The van der Waals surface area contributed by atoms with Crippen molar-refractivity contribution < 1.29 is 8.78 Å². The number of halogens is 2. The zero-order chi connectivity index (χ0) is 11.8. The monoisotopic (exact) mass is 247 g/mol. The van der Waals surface area contributed by atoms with Crippen LogP contribution in [0, 0.1) is 11.6 Å². The second-order valence-corrected chi connectivity index (χ2v) is 4.65. The molecule has 0 amide bonds. The Kier molecular flexibility index (Phi) is 2.37. The molecule has 3 rings (SSSR count). The van der Waals surface area contributed by atoms with Crippen molar-refractivity contribution in [2.45, 2.75) is 0 Å². The summed E-state index contributed by atoms with van der Waals surface area (Å²) in [5, 5.41) is 0.769. The minimum atomic E-state index is -0.859. The van der Waals surface area contributed by atoms with E-state index >= 15 is 0 Å². The summed E-state index contributed by atoms with van der Waals surface area (Å²) in [6.45, 7) is 0. The maximum absolute atomic E-state index is 13.1. The first-order chi connectivity index (χ1) is 8.24. The molecule has 1 aromatic heterocycles. The molecule has 0 saturated heterocycles. The number of nitrogens with zero attached hydrogens (tertiary/aromatic N) is 1. The van der Waals surface area contributed by atoms with Crippen molar-refractivity contribution in [1.29, 1.82) is 0 Å². The van der Waals surface area contributed by atoms with Gasteiger partial charge >= 0.3 is 0 Å². The largest absolute Gasteiger partial charge is 0.236 e. The Morgan fingerprint density at radius 1 is 0.941 bits per heavy atom. The van der Waals surface area contributed by atoms with E-state index in [1.807, 2.05) is 30.3 Å². The summed E-state index contributed by atoms with van der Waals surface area (Å²) in [6.07, 6.45) is 0. The molecule has 0 N–H and O–H groups in total. The van der Waals surface area contributed by atoms with Crippen LogP contribution in [-0.4, -0.2) is 4.98 Å². The van der Waals surface area contributed by atoms with Gasteiger partial charge in [-0.2, -0.15) is 0 Å². The van der Waals surface area contributed by atoms with Gasteiger partial charge in [0.25, 0.3) is 0 Å². The van der Waals surface area contributed by atoms with Gasteiger partial charge in [-0.25, -0.2) is 13.8 Å². The molecule has 0 saturated carbocycles. The van der Waals surface area contributed by atoms with Crippen LogP contribution in [0.2, 0.25) is 0 Å². The van der Waals surface area contributed by atoms with Gasteiger partial charge in [0.2, 0.25) is 0 Å². The Bertz CT molecular complexity index is 637. The van der Waals surface area contributed by atoms with Crippen LogP contribution in [0.25, 0.3) is 20.8 Å². The van der Waals surface area contributed by atoms with Crippen LogP contribution in [0.4, 0.5) is 8.78 Å². The van der Waals surface area contributed by atoms with Crippen LogP contribution in [-0.2, 0) is 0 Å². The first-order valence-electron chi connectivity index (χ1n) is 5.05.